The van der Waals surface area contributed by atoms with Gasteiger partial charge in [-0.15, -0.1) is 0 Å². The van der Waals surface area contributed by atoms with Crippen LogP contribution in [0.1, 0.15) is 36.1 Å². The highest BCUT2D eigenvalue weighted by Crippen LogP contribution is 2.23. The lowest BCUT2D eigenvalue weighted by molar-refractivity contribution is 0.0242. The van der Waals surface area contributed by atoms with Gasteiger partial charge < -0.3 is 25.5 Å². The molecule has 0 saturated carbocycles. The Morgan fingerprint density at radius 2 is 2.29 bits per heavy atom. The van der Waals surface area contributed by atoms with E-state index in [-0.39, 0.29) is 11.4 Å². The van der Waals surface area contributed by atoms with Crippen LogP contribution < -0.4 is 16.4 Å². The molecule has 1 atom stereocenters. The predicted molar refractivity (Wildman–Crippen MR) is 79.0 cm³/mol. The van der Waals surface area contributed by atoms with Crippen LogP contribution in [0, 0.1) is 0 Å². The predicted octanol–water partition coefficient (Wildman–Crippen LogP) is 0.613. The smallest absolute Gasteiger partial charge is 0.284 e. The largest absolute Gasteiger partial charge is 0.454 e. The van der Waals surface area contributed by atoms with Crippen molar-refractivity contribution < 1.29 is 13.9 Å². The summed E-state index contributed by atoms with van der Waals surface area (Å²) in [6.45, 7) is 4.01. The minimum atomic E-state index is -0.574. The van der Waals surface area contributed by atoms with Gasteiger partial charge in [-0.2, -0.15) is 0 Å². The SMILES string of the molecule is CN=C(NCc1ccc(C(N)=O)o1)NCC1(C)CCCO1. The standard InChI is InChI=1S/C14H22N4O3/c1-14(6-3-7-20-14)9-18-13(16-2)17-8-10-4-5-11(21-10)12(15)19/h4-5H,3,6-9H2,1-2H3,(H2,15,19)(H2,16,17,18). The van der Waals surface area contributed by atoms with E-state index in [9.17, 15) is 4.79 Å². The van der Waals surface area contributed by atoms with E-state index in [4.69, 9.17) is 14.9 Å². The zero-order valence-electron chi connectivity index (χ0n) is 12.4. The maximum absolute atomic E-state index is 11.0. The van der Waals surface area contributed by atoms with Crippen LogP contribution >= 0.6 is 0 Å². The van der Waals surface area contributed by atoms with Crippen LogP contribution in [-0.4, -0.2) is 37.7 Å². The Morgan fingerprint density at radius 1 is 1.48 bits per heavy atom. The summed E-state index contributed by atoms with van der Waals surface area (Å²) >= 11 is 0. The summed E-state index contributed by atoms with van der Waals surface area (Å²) in [6, 6.07) is 3.27. The van der Waals surface area contributed by atoms with E-state index in [1.807, 2.05) is 0 Å². The molecule has 1 amide bonds. The summed E-state index contributed by atoms with van der Waals surface area (Å²) in [5, 5.41) is 6.35. The second kappa shape index (κ2) is 6.62. The number of carbonyl (C=O) groups is 1. The summed E-state index contributed by atoms with van der Waals surface area (Å²) in [7, 11) is 1.70. The highest BCUT2D eigenvalue weighted by molar-refractivity contribution is 5.89. The molecule has 116 valence electrons. The number of nitrogens with one attached hydrogen (secondary N) is 2. The van der Waals surface area contributed by atoms with E-state index < -0.39 is 5.91 Å². The number of carbonyl (C=O) groups excluding carboxylic acids is 1. The Hall–Kier alpha value is -2.02. The number of hydrogen-bond acceptors (Lipinski definition) is 4. The number of aliphatic imine (C=N–C) groups is 1. The fourth-order valence-corrected chi connectivity index (χ4v) is 2.24. The van der Waals surface area contributed by atoms with Crippen molar-refractivity contribution in [1.29, 1.82) is 0 Å². The molecule has 1 aliphatic heterocycles. The number of rotatable bonds is 5. The lowest BCUT2D eigenvalue weighted by atomic mass is 10.0. The van der Waals surface area contributed by atoms with Gasteiger partial charge >= 0.3 is 0 Å². The first-order valence-electron chi connectivity index (χ1n) is 6.99. The number of nitrogens with two attached hydrogens (primary N) is 1. The zero-order valence-corrected chi connectivity index (χ0v) is 12.4. The maximum atomic E-state index is 11.0. The van der Waals surface area contributed by atoms with Gasteiger partial charge in [0.1, 0.15) is 5.76 Å². The van der Waals surface area contributed by atoms with Gasteiger partial charge in [-0.1, -0.05) is 0 Å². The average molecular weight is 294 g/mol. The molecule has 0 bridgehead atoms. The van der Waals surface area contributed by atoms with E-state index >= 15 is 0 Å². The van der Waals surface area contributed by atoms with E-state index in [1.54, 1.807) is 19.2 Å². The van der Waals surface area contributed by atoms with Crippen molar-refractivity contribution in [3.8, 4) is 0 Å². The van der Waals surface area contributed by atoms with E-state index in [2.05, 4.69) is 22.5 Å². The van der Waals surface area contributed by atoms with Crippen LogP contribution in [0.2, 0.25) is 0 Å². The number of primary amides is 1. The van der Waals surface area contributed by atoms with E-state index in [0.29, 0.717) is 24.8 Å². The first-order valence-corrected chi connectivity index (χ1v) is 6.99. The number of furan rings is 1. The third kappa shape index (κ3) is 4.22. The first kappa shape index (κ1) is 15.4. The Labute approximate surface area is 123 Å². The molecular weight excluding hydrogens is 272 g/mol. The number of hydrogen-bond donors (Lipinski definition) is 3. The van der Waals surface area contributed by atoms with Crippen LogP contribution in [0.4, 0.5) is 0 Å². The molecule has 1 aromatic heterocycles. The van der Waals surface area contributed by atoms with E-state index in [1.165, 1.54) is 0 Å². The third-order valence-corrected chi connectivity index (χ3v) is 3.49. The third-order valence-electron chi connectivity index (χ3n) is 3.49. The maximum Gasteiger partial charge on any atom is 0.284 e. The fraction of sp³-hybridized carbons (Fsp3) is 0.571. The highest BCUT2D eigenvalue weighted by Gasteiger charge is 2.29. The van der Waals surface area contributed by atoms with Crippen molar-refractivity contribution in [3.05, 3.63) is 23.7 Å². The van der Waals surface area contributed by atoms with Crippen molar-refractivity contribution in [2.75, 3.05) is 20.2 Å². The van der Waals surface area contributed by atoms with Crippen molar-refractivity contribution in [2.45, 2.75) is 31.9 Å². The molecule has 7 nitrogen and oxygen atoms in total. The molecule has 2 heterocycles. The summed E-state index contributed by atoms with van der Waals surface area (Å²) in [6.07, 6.45) is 2.13. The van der Waals surface area contributed by atoms with Gasteiger partial charge in [0.05, 0.1) is 12.1 Å². The first-order chi connectivity index (χ1) is 10.0. The van der Waals surface area contributed by atoms with Crippen LogP contribution in [-0.2, 0) is 11.3 Å². The van der Waals surface area contributed by atoms with Crippen molar-refractivity contribution >= 4 is 11.9 Å². The van der Waals surface area contributed by atoms with Crippen molar-refractivity contribution in [1.82, 2.24) is 10.6 Å². The Bertz CT molecular complexity index is 518. The molecule has 21 heavy (non-hydrogen) atoms. The normalized spacial score (nSPS) is 22.3. The zero-order chi connectivity index (χ0) is 15.3. The average Bonchev–Trinajstić information content (AvgIpc) is 3.08. The second-order valence-electron chi connectivity index (χ2n) is 5.31. The molecule has 1 aromatic rings. The van der Waals surface area contributed by atoms with Crippen molar-refractivity contribution in [2.24, 2.45) is 10.7 Å². The van der Waals surface area contributed by atoms with Crippen LogP contribution in [0.25, 0.3) is 0 Å². The van der Waals surface area contributed by atoms with Gasteiger partial charge in [0.25, 0.3) is 5.91 Å². The lowest BCUT2D eigenvalue weighted by Gasteiger charge is -2.24. The van der Waals surface area contributed by atoms with Gasteiger partial charge in [-0.25, -0.2) is 0 Å². The number of nitrogens with zero attached hydrogens (tertiary/aromatic N) is 1. The topological polar surface area (TPSA) is 102 Å². The van der Waals surface area contributed by atoms with Gasteiger partial charge in [-0.3, -0.25) is 9.79 Å². The van der Waals surface area contributed by atoms with Gasteiger partial charge in [0.2, 0.25) is 0 Å². The molecule has 0 spiro atoms. The molecular formula is C14H22N4O3. The van der Waals surface area contributed by atoms with Crippen LogP contribution in [0.15, 0.2) is 21.5 Å². The number of amides is 1. The van der Waals surface area contributed by atoms with Gasteiger partial charge in [-0.05, 0) is 31.9 Å². The Balaban J connectivity index is 1.80. The van der Waals surface area contributed by atoms with Crippen LogP contribution in [0.3, 0.4) is 0 Å². The minimum absolute atomic E-state index is 0.137. The van der Waals surface area contributed by atoms with Gasteiger partial charge in [0, 0.05) is 20.2 Å². The molecule has 1 aliphatic rings. The summed E-state index contributed by atoms with van der Waals surface area (Å²) in [5.41, 5.74) is 5.00. The van der Waals surface area contributed by atoms with Gasteiger partial charge in [0.15, 0.2) is 11.7 Å². The van der Waals surface area contributed by atoms with E-state index in [0.717, 1.165) is 19.4 Å². The molecule has 0 aromatic carbocycles. The minimum Gasteiger partial charge on any atom is -0.454 e. The molecule has 1 unspecified atom stereocenters. The fourth-order valence-electron chi connectivity index (χ4n) is 2.24. The second-order valence-corrected chi connectivity index (χ2v) is 5.31. The molecule has 1 saturated heterocycles. The lowest BCUT2D eigenvalue weighted by Crippen LogP contribution is -2.45. The Morgan fingerprint density at radius 3 is 2.86 bits per heavy atom. The number of ether oxygens (including phenoxy) is 1. The summed E-state index contributed by atoms with van der Waals surface area (Å²) in [4.78, 5) is 15.1. The molecule has 7 heteroatoms. The molecule has 1 fully saturated rings. The Kier molecular flexibility index (Phi) is 4.85. The quantitative estimate of drug-likeness (QED) is 0.545. The summed E-state index contributed by atoms with van der Waals surface area (Å²) in [5.74, 6) is 0.857. The van der Waals surface area contributed by atoms with Crippen LogP contribution in [0.5, 0.6) is 0 Å². The molecule has 2 rings (SSSR count). The molecule has 0 radical (unpaired) electrons. The monoisotopic (exact) mass is 294 g/mol. The summed E-state index contributed by atoms with van der Waals surface area (Å²) < 4.78 is 11.0. The highest BCUT2D eigenvalue weighted by atomic mass is 16.5. The molecule has 0 aliphatic carbocycles. The molecule has 4 N–H and O–H groups in total. The van der Waals surface area contributed by atoms with Crippen molar-refractivity contribution in [3.63, 3.8) is 0 Å². The number of guanidine groups is 1.